The quantitative estimate of drug-likeness (QED) is 0.716. The van der Waals surface area contributed by atoms with E-state index >= 15 is 0 Å². The van der Waals surface area contributed by atoms with Crippen molar-refractivity contribution in [2.75, 3.05) is 19.5 Å². The van der Waals surface area contributed by atoms with Crippen LogP contribution in [0.15, 0.2) is 35.7 Å². The first-order chi connectivity index (χ1) is 9.78. The fourth-order valence-corrected chi connectivity index (χ4v) is 2.67. The van der Waals surface area contributed by atoms with Gasteiger partial charge in [-0.15, -0.1) is 5.10 Å². The van der Waals surface area contributed by atoms with Gasteiger partial charge in [0.05, 0.1) is 18.2 Å². The van der Waals surface area contributed by atoms with Crippen molar-refractivity contribution in [2.24, 2.45) is 0 Å². The first kappa shape index (κ1) is 13.3. The number of aliphatic hydroxyl groups is 1. The summed E-state index contributed by atoms with van der Waals surface area (Å²) in [5, 5.41) is 15.6. The topological polar surface area (TPSA) is 72.5 Å². The van der Waals surface area contributed by atoms with Gasteiger partial charge in [-0.05, 0) is 12.1 Å². The Bertz CT molecular complexity index is 731. The molecular weight excluding hydrogens is 276 g/mol. The van der Waals surface area contributed by atoms with Crippen molar-refractivity contribution in [2.45, 2.75) is 11.3 Å². The summed E-state index contributed by atoms with van der Waals surface area (Å²) in [6.45, 7) is 0.310. The average molecular weight is 290 g/mol. The molecule has 0 aliphatic heterocycles. The molecule has 6 nitrogen and oxygen atoms in total. The summed E-state index contributed by atoms with van der Waals surface area (Å²) < 4.78 is 6.55. The Morgan fingerprint density at radius 1 is 1.40 bits per heavy atom. The SMILES string of the molecule is COC[C@@H](O)CSc1nc2c3ccccc3ncn2n1. The van der Waals surface area contributed by atoms with Gasteiger partial charge in [0.25, 0.3) is 0 Å². The molecule has 0 radical (unpaired) electrons. The summed E-state index contributed by atoms with van der Waals surface area (Å²) in [4.78, 5) is 8.83. The summed E-state index contributed by atoms with van der Waals surface area (Å²) >= 11 is 1.40. The molecule has 0 fully saturated rings. The molecule has 3 rings (SSSR count). The van der Waals surface area contributed by atoms with E-state index in [1.54, 1.807) is 18.0 Å². The second-order valence-electron chi connectivity index (χ2n) is 4.34. The zero-order chi connectivity index (χ0) is 13.9. The molecule has 20 heavy (non-hydrogen) atoms. The van der Waals surface area contributed by atoms with Crippen molar-refractivity contribution in [1.82, 2.24) is 19.6 Å². The van der Waals surface area contributed by atoms with Gasteiger partial charge in [0.2, 0.25) is 5.16 Å². The molecule has 0 amide bonds. The summed E-state index contributed by atoms with van der Waals surface area (Å²) in [5.74, 6) is 0.496. The van der Waals surface area contributed by atoms with Crippen LogP contribution in [0.1, 0.15) is 0 Å². The molecule has 1 atom stereocenters. The summed E-state index contributed by atoms with van der Waals surface area (Å²) in [6, 6.07) is 7.81. The van der Waals surface area contributed by atoms with Crippen LogP contribution in [0.3, 0.4) is 0 Å². The van der Waals surface area contributed by atoms with E-state index in [4.69, 9.17) is 4.74 Å². The summed E-state index contributed by atoms with van der Waals surface area (Å²) in [7, 11) is 1.56. The highest BCUT2D eigenvalue weighted by molar-refractivity contribution is 7.99. The van der Waals surface area contributed by atoms with E-state index in [0.717, 1.165) is 16.6 Å². The van der Waals surface area contributed by atoms with Crippen LogP contribution in [0.4, 0.5) is 0 Å². The molecule has 2 heterocycles. The van der Waals surface area contributed by atoms with Gasteiger partial charge in [-0.1, -0.05) is 23.9 Å². The third-order valence-electron chi connectivity index (χ3n) is 2.83. The van der Waals surface area contributed by atoms with Gasteiger partial charge < -0.3 is 9.84 Å². The number of thioether (sulfide) groups is 1. The third-order valence-corrected chi connectivity index (χ3v) is 3.81. The van der Waals surface area contributed by atoms with E-state index in [0.29, 0.717) is 17.5 Å². The third kappa shape index (κ3) is 2.60. The van der Waals surface area contributed by atoms with Crippen LogP contribution in [-0.2, 0) is 4.74 Å². The fourth-order valence-electron chi connectivity index (χ4n) is 1.93. The zero-order valence-electron chi connectivity index (χ0n) is 10.9. The number of ether oxygens (including phenoxy) is 1. The molecule has 0 aliphatic carbocycles. The molecule has 2 aromatic heterocycles. The Labute approximate surface area is 119 Å². The van der Waals surface area contributed by atoms with Crippen molar-refractivity contribution in [3.8, 4) is 0 Å². The molecule has 0 saturated heterocycles. The first-order valence-corrected chi connectivity index (χ1v) is 7.16. The van der Waals surface area contributed by atoms with Crippen LogP contribution in [0.25, 0.3) is 16.6 Å². The Balaban J connectivity index is 1.89. The average Bonchev–Trinajstić information content (AvgIpc) is 2.89. The number of rotatable bonds is 5. The maximum atomic E-state index is 9.64. The van der Waals surface area contributed by atoms with Crippen LogP contribution < -0.4 is 0 Å². The minimum Gasteiger partial charge on any atom is -0.390 e. The smallest absolute Gasteiger partial charge is 0.209 e. The number of hydrogen-bond donors (Lipinski definition) is 1. The Morgan fingerprint density at radius 2 is 2.25 bits per heavy atom. The van der Waals surface area contributed by atoms with E-state index in [1.165, 1.54) is 11.8 Å². The largest absolute Gasteiger partial charge is 0.390 e. The lowest BCUT2D eigenvalue weighted by atomic mass is 10.2. The molecule has 0 unspecified atom stereocenters. The molecular formula is C13H14N4O2S. The number of aliphatic hydroxyl groups excluding tert-OH is 1. The molecule has 3 aromatic rings. The van der Waals surface area contributed by atoms with Gasteiger partial charge in [0.15, 0.2) is 5.65 Å². The lowest BCUT2D eigenvalue weighted by Gasteiger charge is -2.05. The number of nitrogens with zero attached hydrogens (tertiary/aromatic N) is 4. The molecule has 0 saturated carbocycles. The number of fused-ring (bicyclic) bond motifs is 3. The standard InChI is InChI=1S/C13H14N4O2S/c1-19-6-9(18)7-20-13-15-12-10-4-2-3-5-11(10)14-8-17(12)16-13/h2-5,8-9,18H,6-7H2,1H3/t9-/m1/s1. The maximum absolute atomic E-state index is 9.64. The predicted molar refractivity (Wildman–Crippen MR) is 76.9 cm³/mol. The van der Waals surface area contributed by atoms with Gasteiger partial charge in [-0.2, -0.15) is 0 Å². The minimum atomic E-state index is -0.522. The van der Waals surface area contributed by atoms with Gasteiger partial charge in [0, 0.05) is 18.2 Å². The lowest BCUT2D eigenvalue weighted by molar-refractivity contribution is 0.0794. The van der Waals surface area contributed by atoms with Gasteiger partial charge in [0.1, 0.15) is 6.33 Å². The number of hydrogen-bond acceptors (Lipinski definition) is 6. The van der Waals surface area contributed by atoms with E-state index in [-0.39, 0.29) is 0 Å². The van der Waals surface area contributed by atoms with Crippen molar-refractivity contribution in [3.63, 3.8) is 0 Å². The van der Waals surface area contributed by atoms with Crippen LogP contribution in [-0.4, -0.2) is 50.3 Å². The highest BCUT2D eigenvalue weighted by Gasteiger charge is 2.10. The lowest BCUT2D eigenvalue weighted by Crippen LogP contribution is -2.16. The number of benzene rings is 1. The van der Waals surface area contributed by atoms with E-state index in [1.807, 2.05) is 24.3 Å². The van der Waals surface area contributed by atoms with Crippen LogP contribution in [0.5, 0.6) is 0 Å². The van der Waals surface area contributed by atoms with E-state index in [9.17, 15) is 5.11 Å². The molecule has 1 N–H and O–H groups in total. The molecule has 104 valence electrons. The van der Waals surface area contributed by atoms with E-state index in [2.05, 4.69) is 15.1 Å². The zero-order valence-corrected chi connectivity index (χ0v) is 11.7. The first-order valence-electron chi connectivity index (χ1n) is 6.18. The van der Waals surface area contributed by atoms with Crippen molar-refractivity contribution >= 4 is 28.3 Å². The maximum Gasteiger partial charge on any atom is 0.209 e. The molecule has 0 bridgehead atoms. The second kappa shape index (κ2) is 5.74. The molecule has 0 spiro atoms. The summed E-state index contributed by atoms with van der Waals surface area (Å²) in [5.41, 5.74) is 1.67. The highest BCUT2D eigenvalue weighted by Crippen LogP contribution is 2.20. The highest BCUT2D eigenvalue weighted by atomic mass is 32.2. The van der Waals surface area contributed by atoms with Crippen LogP contribution >= 0.6 is 11.8 Å². The predicted octanol–water partition coefficient (Wildman–Crippen LogP) is 1.38. The Hall–Kier alpha value is -1.70. The number of aromatic nitrogens is 4. The van der Waals surface area contributed by atoms with Crippen molar-refractivity contribution in [1.29, 1.82) is 0 Å². The Morgan fingerprint density at radius 3 is 3.10 bits per heavy atom. The van der Waals surface area contributed by atoms with Crippen LogP contribution in [0.2, 0.25) is 0 Å². The number of para-hydroxylation sites is 1. The second-order valence-corrected chi connectivity index (χ2v) is 5.33. The number of methoxy groups -OCH3 is 1. The fraction of sp³-hybridized carbons (Fsp3) is 0.308. The molecule has 7 heteroatoms. The monoisotopic (exact) mass is 290 g/mol. The minimum absolute atomic E-state index is 0.310. The normalized spacial score (nSPS) is 13.1. The van der Waals surface area contributed by atoms with Gasteiger partial charge in [-0.3, -0.25) is 0 Å². The van der Waals surface area contributed by atoms with Gasteiger partial charge in [-0.25, -0.2) is 14.5 Å². The molecule has 1 aromatic carbocycles. The van der Waals surface area contributed by atoms with E-state index < -0.39 is 6.10 Å². The van der Waals surface area contributed by atoms with Crippen molar-refractivity contribution < 1.29 is 9.84 Å². The Kier molecular flexibility index (Phi) is 3.81. The van der Waals surface area contributed by atoms with Gasteiger partial charge >= 0.3 is 0 Å². The van der Waals surface area contributed by atoms with Crippen molar-refractivity contribution in [3.05, 3.63) is 30.6 Å². The molecule has 0 aliphatic rings. The summed E-state index contributed by atoms with van der Waals surface area (Å²) in [6.07, 6.45) is 1.13. The van der Waals surface area contributed by atoms with Crippen LogP contribution in [0, 0.1) is 0 Å².